The highest BCUT2D eigenvalue weighted by Crippen LogP contribution is 2.32. The first kappa shape index (κ1) is 24.7. The minimum atomic E-state index is -1.14. The van der Waals surface area contributed by atoms with Crippen molar-refractivity contribution in [3.8, 4) is 0 Å². The van der Waals surface area contributed by atoms with Gasteiger partial charge in [0.1, 0.15) is 12.3 Å². The lowest BCUT2D eigenvalue weighted by atomic mass is 9.82. The molecule has 0 bridgehead atoms. The maximum absolute atomic E-state index is 14.0. The third kappa shape index (κ3) is 7.27. The number of halogens is 2. The van der Waals surface area contributed by atoms with E-state index in [4.69, 9.17) is 21.3 Å². The van der Waals surface area contributed by atoms with E-state index >= 15 is 0 Å². The Labute approximate surface area is 190 Å². The van der Waals surface area contributed by atoms with Crippen LogP contribution in [0, 0.1) is 11.8 Å². The molecule has 178 valence electrons. The molecule has 0 spiro atoms. The SMILES string of the molecule is COC1CCC(C2CC(/N=C(/NC(=O)C3CCC(Cl)C(F)C3)NC(C)(C)C)NN2)CC1. The van der Waals surface area contributed by atoms with E-state index in [2.05, 4.69) is 21.5 Å². The highest BCUT2D eigenvalue weighted by atomic mass is 35.5. The molecular formula is C22H39ClFN5O2. The second-order valence-electron chi connectivity index (χ2n) is 10.3. The van der Waals surface area contributed by atoms with Crippen LogP contribution < -0.4 is 21.5 Å². The molecule has 7 nitrogen and oxygen atoms in total. The van der Waals surface area contributed by atoms with E-state index < -0.39 is 11.5 Å². The minimum absolute atomic E-state index is 0.136. The molecule has 3 rings (SSSR count). The van der Waals surface area contributed by atoms with Crippen LogP contribution in [0.4, 0.5) is 4.39 Å². The lowest BCUT2D eigenvalue weighted by Gasteiger charge is -2.31. The van der Waals surface area contributed by atoms with Gasteiger partial charge in [-0.1, -0.05) is 0 Å². The van der Waals surface area contributed by atoms with Crippen molar-refractivity contribution in [2.24, 2.45) is 16.8 Å². The first-order valence-corrected chi connectivity index (χ1v) is 12.1. The number of nitrogens with one attached hydrogen (secondary N) is 4. The predicted molar refractivity (Wildman–Crippen MR) is 122 cm³/mol. The van der Waals surface area contributed by atoms with Crippen LogP contribution >= 0.6 is 11.6 Å². The van der Waals surface area contributed by atoms with Gasteiger partial charge in [-0.25, -0.2) is 14.8 Å². The summed E-state index contributed by atoms with van der Waals surface area (Å²) in [4.78, 5) is 17.6. The molecule has 0 aromatic rings. The lowest BCUT2D eigenvalue weighted by Crippen LogP contribution is -2.52. The fourth-order valence-corrected chi connectivity index (χ4v) is 5.05. The first-order valence-electron chi connectivity index (χ1n) is 11.6. The van der Waals surface area contributed by atoms with Crippen LogP contribution in [0.5, 0.6) is 0 Å². The van der Waals surface area contributed by atoms with Gasteiger partial charge >= 0.3 is 0 Å². The van der Waals surface area contributed by atoms with E-state index in [1.165, 1.54) is 0 Å². The zero-order valence-corrected chi connectivity index (χ0v) is 20.0. The number of hydrogen-bond donors (Lipinski definition) is 4. The number of nitrogens with zero attached hydrogens (tertiary/aromatic N) is 1. The molecule has 0 aromatic carbocycles. The normalized spacial score (nSPS) is 37.5. The summed E-state index contributed by atoms with van der Waals surface area (Å²) >= 11 is 5.97. The Morgan fingerprint density at radius 3 is 2.42 bits per heavy atom. The largest absolute Gasteiger partial charge is 0.381 e. The maximum atomic E-state index is 14.0. The van der Waals surface area contributed by atoms with Gasteiger partial charge in [-0.2, -0.15) is 0 Å². The monoisotopic (exact) mass is 459 g/mol. The van der Waals surface area contributed by atoms with Gasteiger partial charge in [-0.05, 0) is 71.6 Å². The van der Waals surface area contributed by atoms with Crippen LogP contribution in [0.2, 0.25) is 0 Å². The smallest absolute Gasteiger partial charge is 0.229 e. The summed E-state index contributed by atoms with van der Waals surface area (Å²) in [6, 6.07) is 0.351. The Balaban J connectivity index is 1.59. The Kier molecular flexibility index (Phi) is 8.57. The van der Waals surface area contributed by atoms with Gasteiger partial charge in [-0.3, -0.25) is 15.5 Å². The van der Waals surface area contributed by atoms with Crippen molar-refractivity contribution < 1.29 is 13.9 Å². The fraction of sp³-hybridized carbons (Fsp3) is 0.909. The summed E-state index contributed by atoms with van der Waals surface area (Å²) in [5.41, 5.74) is 6.40. The van der Waals surface area contributed by atoms with Gasteiger partial charge in [0.05, 0.1) is 11.5 Å². The van der Waals surface area contributed by atoms with Crippen LogP contribution in [0.1, 0.15) is 72.1 Å². The van der Waals surface area contributed by atoms with Crippen LogP contribution in [-0.2, 0) is 9.53 Å². The van der Waals surface area contributed by atoms with Gasteiger partial charge in [0.2, 0.25) is 5.91 Å². The molecule has 31 heavy (non-hydrogen) atoms. The van der Waals surface area contributed by atoms with Crippen molar-refractivity contribution in [2.45, 2.75) is 108 Å². The van der Waals surface area contributed by atoms with Crippen LogP contribution in [0.3, 0.4) is 0 Å². The molecule has 1 amide bonds. The standard InChI is InChI=1S/C22H39ClFN5O2/c1-22(2,3)27-21(26-20(30)14-7-10-16(23)17(24)11-14)25-19-12-18(28-29-19)13-5-8-15(31-4)9-6-13/h13-19,28-29H,5-12H2,1-4H3,(H2,25,26,27,30). The van der Waals surface area contributed by atoms with E-state index in [1.807, 2.05) is 20.8 Å². The molecule has 0 radical (unpaired) electrons. The van der Waals surface area contributed by atoms with Gasteiger partial charge in [0, 0.05) is 31.0 Å². The quantitative estimate of drug-likeness (QED) is 0.295. The average molecular weight is 460 g/mol. The molecular weight excluding hydrogens is 421 g/mol. The number of ether oxygens (including phenoxy) is 1. The topological polar surface area (TPSA) is 86.8 Å². The summed E-state index contributed by atoms with van der Waals surface area (Å²) in [7, 11) is 1.79. The highest BCUT2D eigenvalue weighted by molar-refractivity contribution is 6.21. The number of rotatable bonds is 4. The molecule has 3 fully saturated rings. The summed E-state index contributed by atoms with van der Waals surface area (Å²) in [5.74, 6) is 0.460. The summed E-state index contributed by atoms with van der Waals surface area (Å²) < 4.78 is 19.5. The molecule has 2 aliphatic carbocycles. The molecule has 1 aliphatic heterocycles. The molecule has 5 unspecified atom stereocenters. The number of methoxy groups -OCH3 is 1. The predicted octanol–water partition coefficient (Wildman–Crippen LogP) is 2.99. The van der Waals surface area contributed by atoms with E-state index in [0.717, 1.165) is 32.1 Å². The first-order chi connectivity index (χ1) is 14.6. The average Bonchev–Trinajstić information content (AvgIpc) is 3.17. The fourth-order valence-electron chi connectivity index (χ4n) is 4.83. The molecule has 0 aromatic heterocycles. The van der Waals surface area contributed by atoms with Crippen LogP contribution in [0.15, 0.2) is 4.99 Å². The highest BCUT2D eigenvalue weighted by Gasteiger charge is 2.35. The third-order valence-electron chi connectivity index (χ3n) is 6.62. The number of aliphatic imine (C=N–C) groups is 1. The van der Waals surface area contributed by atoms with Crippen molar-refractivity contribution in [3.05, 3.63) is 0 Å². The van der Waals surface area contributed by atoms with Crippen LogP contribution in [0.25, 0.3) is 0 Å². The Morgan fingerprint density at radius 1 is 1.10 bits per heavy atom. The molecule has 1 saturated heterocycles. The molecule has 9 heteroatoms. The van der Waals surface area contributed by atoms with Gasteiger partial charge < -0.3 is 10.1 Å². The van der Waals surface area contributed by atoms with Crippen molar-refractivity contribution >= 4 is 23.5 Å². The zero-order valence-electron chi connectivity index (χ0n) is 19.2. The van der Waals surface area contributed by atoms with Crippen LogP contribution in [-0.4, -0.2) is 54.4 Å². The third-order valence-corrected chi connectivity index (χ3v) is 7.11. The number of alkyl halides is 2. The van der Waals surface area contributed by atoms with E-state index in [-0.39, 0.29) is 30.0 Å². The van der Waals surface area contributed by atoms with E-state index in [1.54, 1.807) is 7.11 Å². The van der Waals surface area contributed by atoms with Crippen molar-refractivity contribution in [1.82, 2.24) is 21.5 Å². The summed E-state index contributed by atoms with van der Waals surface area (Å²) in [5, 5.41) is 5.72. The van der Waals surface area contributed by atoms with Gasteiger partial charge in [0.15, 0.2) is 5.96 Å². The molecule has 4 N–H and O–H groups in total. The number of carbonyl (C=O) groups is 1. The Morgan fingerprint density at radius 2 is 1.81 bits per heavy atom. The molecule has 2 saturated carbocycles. The number of guanidine groups is 1. The maximum Gasteiger partial charge on any atom is 0.229 e. The zero-order chi connectivity index (χ0) is 22.6. The van der Waals surface area contributed by atoms with Crippen molar-refractivity contribution in [2.75, 3.05) is 7.11 Å². The number of hydrazine groups is 1. The van der Waals surface area contributed by atoms with Gasteiger partial charge in [0.25, 0.3) is 0 Å². The number of hydrogen-bond acceptors (Lipinski definition) is 5. The van der Waals surface area contributed by atoms with E-state index in [9.17, 15) is 9.18 Å². The second kappa shape index (κ2) is 10.8. The Bertz CT molecular complexity index is 636. The van der Waals surface area contributed by atoms with E-state index in [0.29, 0.717) is 36.9 Å². The van der Waals surface area contributed by atoms with Gasteiger partial charge in [-0.15, -0.1) is 11.6 Å². The molecule has 5 atom stereocenters. The number of amides is 1. The second-order valence-corrected chi connectivity index (χ2v) is 10.9. The Hall–Kier alpha value is -0.960. The summed E-state index contributed by atoms with van der Waals surface area (Å²) in [6.07, 6.45) is 5.72. The minimum Gasteiger partial charge on any atom is -0.381 e. The van der Waals surface area contributed by atoms with Crippen molar-refractivity contribution in [3.63, 3.8) is 0 Å². The lowest BCUT2D eigenvalue weighted by molar-refractivity contribution is -0.125. The van der Waals surface area contributed by atoms with Crippen molar-refractivity contribution in [1.29, 1.82) is 0 Å². The summed E-state index contributed by atoms with van der Waals surface area (Å²) in [6.45, 7) is 6.05. The number of carbonyl (C=O) groups excluding carboxylic acids is 1. The molecule has 3 aliphatic rings. The molecule has 1 heterocycles.